The topological polar surface area (TPSA) is 86.8 Å². The van der Waals surface area contributed by atoms with Gasteiger partial charge in [-0.05, 0) is 44.0 Å². The van der Waals surface area contributed by atoms with Gasteiger partial charge in [0.05, 0.1) is 22.5 Å². The average molecular weight is 534 g/mol. The second-order valence-electron chi connectivity index (χ2n) is 7.82. The Morgan fingerprint density at radius 3 is 2.29 bits per heavy atom. The van der Waals surface area contributed by atoms with E-state index in [-0.39, 0.29) is 12.2 Å². The number of hydrogen-bond acceptors (Lipinski definition) is 4. The summed E-state index contributed by atoms with van der Waals surface area (Å²) in [6, 6.07) is 10.8. The molecule has 7 nitrogen and oxygen atoms in total. The molecule has 2 aromatic rings. The molecule has 0 heterocycles. The van der Waals surface area contributed by atoms with E-state index in [1.165, 1.54) is 11.8 Å². The van der Waals surface area contributed by atoms with Crippen molar-refractivity contribution in [2.45, 2.75) is 32.5 Å². The van der Waals surface area contributed by atoms with Gasteiger partial charge in [-0.2, -0.15) is 13.2 Å². The molecule has 0 saturated carbocycles. The highest BCUT2D eigenvalue weighted by molar-refractivity contribution is 7.92. The third kappa shape index (κ3) is 7.86. The van der Waals surface area contributed by atoms with E-state index in [1.54, 1.807) is 6.92 Å². The van der Waals surface area contributed by atoms with E-state index in [0.717, 1.165) is 24.0 Å². The van der Waals surface area contributed by atoms with E-state index in [9.17, 15) is 31.2 Å². The molecule has 35 heavy (non-hydrogen) atoms. The van der Waals surface area contributed by atoms with Crippen LogP contribution in [0.5, 0.6) is 0 Å². The largest absolute Gasteiger partial charge is 0.417 e. The minimum absolute atomic E-state index is 0.0904. The first-order chi connectivity index (χ1) is 16.3. The summed E-state index contributed by atoms with van der Waals surface area (Å²) >= 11 is 5.65. The van der Waals surface area contributed by atoms with E-state index < -0.39 is 51.2 Å². The maximum Gasteiger partial charge on any atom is 0.417 e. The van der Waals surface area contributed by atoms with Crippen molar-refractivity contribution < 1.29 is 31.2 Å². The van der Waals surface area contributed by atoms with E-state index in [2.05, 4.69) is 5.32 Å². The smallest absolute Gasteiger partial charge is 0.355 e. The fourth-order valence-electron chi connectivity index (χ4n) is 3.39. The van der Waals surface area contributed by atoms with Crippen LogP contribution in [0.25, 0.3) is 0 Å². The summed E-state index contributed by atoms with van der Waals surface area (Å²) in [6.45, 7) is 2.83. The van der Waals surface area contributed by atoms with Crippen molar-refractivity contribution in [3.63, 3.8) is 0 Å². The van der Waals surface area contributed by atoms with Crippen LogP contribution in [0.4, 0.5) is 18.9 Å². The van der Waals surface area contributed by atoms with Crippen molar-refractivity contribution in [1.29, 1.82) is 0 Å². The first-order valence-electron chi connectivity index (χ1n) is 10.7. The van der Waals surface area contributed by atoms with Gasteiger partial charge < -0.3 is 10.2 Å². The molecule has 0 aliphatic rings. The summed E-state index contributed by atoms with van der Waals surface area (Å²) in [5.41, 5.74) is -0.707. The molecule has 1 N–H and O–H groups in total. The van der Waals surface area contributed by atoms with Crippen LogP contribution in [0.1, 0.15) is 25.0 Å². The molecular formula is C23H27ClF3N3O4S. The number of hydrogen-bond donors (Lipinski definition) is 1. The molecule has 0 aliphatic carbocycles. The molecule has 0 fully saturated rings. The number of sulfonamides is 1. The van der Waals surface area contributed by atoms with Gasteiger partial charge in [-0.15, -0.1) is 0 Å². The van der Waals surface area contributed by atoms with Gasteiger partial charge >= 0.3 is 6.18 Å². The zero-order chi connectivity index (χ0) is 26.4. The minimum Gasteiger partial charge on any atom is -0.355 e. The predicted molar refractivity (Wildman–Crippen MR) is 129 cm³/mol. The Morgan fingerprint density at radius 1 is 1.11 bits per heavy atom. The lowest BCUT2D eigenvalue weighted by atomic mass is 10.1. The molecule has 0 aromatic heterocycles. The van der Waals surface area contributed by atoms with E-state index in [1.807, 2.05) is 30.3 Å². The standard InChI is InChI=1S/C23H27ClF3N3O4S/c1-4-28-22(32)16(2)29(13-12-17-8-6-5-7-9-17)21(31)15-30(35(3,33)34)18-10-11-20(24)19(14-18)23(25,26)27/h5-11,14,16H,4,12-13,15H2,1-3H3,(H,28,32)/t16-/m1/s1. The lowest BCUT2D eigenvalue weighted by molar-refractivity contribution is -0.138. The number of benzene rings is 2. The normalized spacial score (nSPS) is 12.7. The van der Waals surface area contributed by atoms with Crippen molar-refractivity contribution in [3.05, 3.63) is 64.7 Å². The second-order valence-corrected chi connectivity index (χ2v) is 10.1. The van der Waals surface area contributed by atoms with Gasteiger partial charge in [0.25, 0.3) is 0 Å². The number of anilines is 1. The van der Waals surface area contributed by atoms with Gasteiger partial charge in [0.15, 0.2) is 0 Å². The molecule has 0 unspecified atom stereocenters. The Labute approximate surface area is 207 Å². The van der Waals surface area contributed by atoms with Crippen LogP contribution in [0.3, 0.4) is 0 Å². The Balaban J connectivity index is 2.40. The number of rotatable bonds is 10. The Bertz CT molecular complexity index is 1140. The third-order valence-corrected chi connectivity index (χ3v) is 6.70. The number of carbonyl (C=O) groups is 2. The molecule has 2 rings (SSSR count). The summed E-state index contributed by atoms with van der Waals surface area (Å²) in [5.74, 6) is -1.18. The van der Waals surface area contributed by atoms with Crippen LogP contribution in [0.2, 0.25) is 5.02 Å². The summed E-state index contributed by atoms with van der Waals surface area (Å²) in [6.07, 6.45) is -3.66. The fraction of sp³-hybridized carbons (Fsp3) is 0.391. The Hall–Kier alpha value is -2.79. The van der Waals surface area contributed by atoms with Crippen LogP contribution in [-0.2, 0) is 32.2 Å². The molecule has 0 saturated heterocycles. The van der Waals surface area contributed by atoms with Crippen molar-refractivity contribution in [2.24, 2.45) is 0 Å². The summed E-state index contributed by atoms with van der Waals surface area (Å²) in [4.78, 5) is 27.0. The number of amides is 2. The maximum atomic E-state index is 13.3. The maximum absolute atomic E-state index is 13.3. The average Bonchev–Trinajstić information content (AvgIpc) is 2.77. The Kier molecular flexibility index (Phi) is 9.56. The molecule has 12 heteroatoms. The van der Waals surface area contributed by atoms with Crippen molar-refractivity contribution >= 4 is 39.1 Å². The van der Waals surface area contributed by atoms with Crippen LogP contribution in [0.15, 0.2) is 48.5 Å². The van der Waals surface area contributed by atoms with E-state index >= 15 is 0 Å². The number of alkyl halides is 3. The predicted octanol–water partition coefficient (Wildman–Crippen LogP) is 3.72. The van der Waals surface area contributed by atoms with Crippen molar-refractivity contribution in [1.82, 2.24) is 10.2 Å². The van der Waals surface area contributed by atoms with Crippen LogP contribution >= 0.6 is 11.6 Å². The monoisotopic (exact) mass is 533 g/mol. The van der Waals surface area contributed by atoms with Crippen molar-refractivity contribution in [3.8, 4) is 0 Å². The molecule has 2 aromatic carbocycles. The van der Waals surface area contributed by atoms with E-state index in [4.69, 9.17) is 11.6 Å². The molecule has 0 aliphatic heterocycles. The minimum atomic E-state index is -4.82. The SMILES string of the molecule is CCNC(=O)[C@@H](C)N(CCc1ccccc1)C(=O)CN(c1ccc(Cl)c(C(F)(F)F)c1)S(C)(=O)=O. The van der Waals surface area contributed by atoms with Gasteiger partial charge in [-0.1, -0.05) is 41.9 Å². The van der Waals surface area contributed by atoms with Gasteiger partial charge in [0.2, 0.25) is 21.8 Å². The Morgan fingerprint density at radius 2 is 1.74 bits per heavy atom. The highest BCUT2D eigenvalue weighted by atomic mass is 35.5. The lowest BCUT2D eigenvalue weighted by Gasteiger charge is -2.31. The van der Waals surface area contributed by atoms with Gasteiger partial charge in [-0.25, -0.2) is 8.42 Å². The quantitative estimate of drug-likeness (QED) is 0.504. The van der Waals surface area contributed by atoms with E-state index in [0.29, 0.717) is 23.3 Å². The van der Waals surface area contributed by atoms with Crippen molar-refractivity contribution in [2.75, 3.05) is 30.2 Å². The first-order valence-corrected chi connectivity index (χ1v) is 12.9. The molecule has 0 spiro atoms. The zero-order valence-corrected chi connectivity index (χ0v) is 21.0. The summed E-state index contributed by atoms with van der Waals surface area (Å²) in [5, 5.41) is 2.02. The second kappa shape index (κ2) is 11.8. The zero-order valence-electron chi connectivity index (χ0n) is 19.5. The molecule has 2 amide bonds. The number of nitrogens with zero attached hydrogens (tertiary/aromatic N) is 2. The van der Waals surface area contributed by atoms with Crippen LogP contribution < -0.4 is 9.62 Å². The van der Waals surface area contributed by atoms with Gasteiger partial charge in [0.1, 0.15) is 12.6 Å². The molecular weight excluding hydrogens is 507 g/mol. The number of carbonyl (C=O) groups excluding carboxylic acids is 2. The molecule has 0 bridgehead atoms. The lowest BCUT2D eigenvalue weighted by Crippen LogP contribution is -2.52. The third-order valence-electron chi connectivity index (χ3n) is 5.23. The van der Waals surface area contributed by atoms with Crippen LogP contribution in [-0.4, -0.2) is 57.1 Å². The van der Waals surface area contributed by atoms with Gasteiger partial charge in [-0.3, -0.25) is 13.9 Å². The highest BCUT2D eigenvalue weighted by Gasteiger charge is 2.35. The molecule has 1 atom stereocenters. The first kappa shape index (κ1) is 28.4. The number of nitrogens with one attached hydrogen (secondary N) is 1. The molecule has 0 radical (unpaired) electrons. The highest BCUT2D eigenvalue weighted by Crippen LogP contribution is 2.37. The number of halogens is 4. The fourth-order valence-corrected chi connectivity index (χ4v) is 4.46. The van der Waals surface area contributed by atoms with Crippen LogP contribution in [0, 0.1) is 0 Å². The van der Waals surface area contributed by atoms with Gasteiger partial charge in [0, 0.05) is 13.1 Å². The summed E-state index contributed by atoms with van der Waals surface area (Å²) < 4.78 is 65.5. The molecule has 192 valence electrons. The summed E-state index contributed by atoms with van der Waals surface area (Å²) in [7, 11) is -4.17. The number of likely N-dealkylation sites (N-methyl/N-ethyl adjacent to an activating group) is 1.